The van der Waals surface area contributed by atoms with E-state index >= 15 is 0 Å². The molecule has 0 aromatic heterocycles. The van der Waals surface area contributed by atoms with Gasteiger partial charge in [-0.2, -0.15) is 0 Å². The van der Waals surface area contributed by atoms with E-state index in [2.05, 4.69) is 0 Å². The highest BCUT2D eigenvalue weighted by atomic mass is 16.5. The molecule has 0 N–H and O–H groups in total. The maximum absolute atomic E-state index is 12.5. The molecule has 4 nitrogen and oxygen atoms in total. The fourth-order valence-electron chi connectivity index (χ4n) is 2.17. The van der Waals surface area contributed by atoms with Crippen LogP contribution in [0.15, 0.2) is 48.5 Å². The van der Waals surface area contributed by atoms with E-state index in [1.165, 1.54) is 5.56 Å². The Kier molecular flexibility index (Phi) is 5.63. The first-order chi connectivity index (χ1) is 11.0. The van der Waals surface area contributed by atoms with E-state index < -0.39 is 0 Å². The molecule has 0 heterocycles. The summed E-state index contributed by atoms with van der Waals surface area (Å²) < 4.78 is 5.68. The van der Waals surface area contributed by atoms with Crippen molar-refractivity contribution in [2.24, 2.45) is 0 Å². The van der Waals surface area contributed by atoms with Crippen LogP contribution < -0.4 is 9.64 Å². The Morgan fingerprint density at radius 1 is 1.04 bits per heavy atom. The van der Waals surface area contributed by atoms with Crippen LogP contribution in [0.5, 0.6) is 5.75 Å². The van der Waals surface area contributed by atoms with Gasteiger partial charge in [0.15, 0.2) is 0 Å². The smallest absolute Gasteiger partial charge is 0.253 e. The lowest BCUT2D eigenvalue weighted by Gasteiger charge is -2.19. The van der Waals surface area contributed by atoms with Crippen LogP contribution in [0.4, 0.5) is 5.69 Å². The zero-order valence-electron chi connectivity index (χ0n) is 14.2. The molecule has 0 unspecified atom stereocenters. The lowest BCUT2D eigenvalue weighted by atomic mass is 10.1. The number of aryl methyl sites for hydroxylation is 1. The normalized spacial score (nSPS) is 10.3. The third-order valence-electron chi connectivity index (χ3n) is 3.67. The summed E-state index contributed by atoms with van der Waals surface area (Å²) in [5, 5.41) is 0. The van der Waals surface area contributed by atoms with Crippen LogP contribution in [0.25, 0.3) is 0 Å². The van der Waals surface area contributed by atoms with Gasteiger partial charge in [-0.3, -0.25) is 4.79 Å². The van der Waals surface area contributed by atoms with Gasteiger partial charge in [-0.25, -0.2) is 0 Å². The second kappa shape index (κ2) is 7.68. The fourth-order valence-corrected chi connectivity index (χ4v) is 2.17. The number of rotatable bonds is 6. The molecule has 0 bridgehead atoms. The van der Waals surface area contributed by atoms with Crippen molar-refractivity contribution >= 4 is 11.6 Å². The SMILES string of the molecule is Cc1ccc(OCCN(C)C(=O)c2cccc(N(C)C)c2)cc1. The first kappa shape index (κ1) is 16.9. The Bertz CT molecular complexity index is 651. The van der Waals surface area contributed by atoms with Crippen molar-refractivity contribution in [1.82, 2.24) is 4.90 Å². The van der Waals surface area contributed by atoms with Crippen LogP contribution in [-0.4, -0.2) is 45.1 Å². The Balaban J connectivity index is 1.89. The summed E-state index contributed by atoms with van der Waals surface area (Å²) in [4.78, 5) is 16.1. The molecular weight excluding hydrogens is 288 g/mol. The number of nitrogens with zero attached hydrogens (tertiary/aromatic N) is 2. The second-order valence-corrected chi connectivity index (χ2v) is 5.83. The highest BCUT2D eigenvalue weighted by molar-refractivity contribution is 5.95. The molecule has 0 fully saturated rings. The monoisotopic (exact) mass is 312 g/mol. The molecule has 2 aromatic carbocycles. The lowest BCUT2D eigenvalue weighted by Crippen LogP contribution is -2.31. The van der Waals surface area contributed by atoms with Crippen LogP contribution in [0.3, 0.4) is 0 Å². The average Bonchev–Trinajstić information content (AvgIpc) is 2.56. The number of hydrogen-bond acceptors (Lipinski definition) is 3. The molecule has 4 heteroatoms. The molecule has 0 saturated carbocycles. The standard InChI is InChI=1S/C19H24N2O2/c1-15-8-10-18(11-9-15)23-13-12-21(4)19(22)16-6-5-7-17(14-16)20(2)3/h5-11,14H,12-13H2,1-4H3. The molecule has 0 atom stereocenters. The Hall–Kier alpha value is -2.49. The largest absolute Gasteiger partial charge is 0.492 e. The van der Waals surface area contributed by atoms with Crippen LogP contribution in [0, 0.1) is 6.92 Å². The third-order valence-corrected chi connectivity index (χ3v) is 3.67. The molecule has 2 rings (SSSR count). The highest BCUT2D eigenvalue weighted by Gasteiger charge is 2.12. The van der Waals surface area contributed by atoms with Crippen LogP contribution in [-0.2, 0) is 0 Å². The molecule has 23 heavy (non-hydrogen) atoms. The van der Waals surface area contributed by atoms with Gasteiger partial charge in [0, 0.05) is 32.4 Å². The van der Waals surface area contributed by atoms with E-state index in [1.807, 2.05) is 74.4 Å². The lowest BCUT2D eigenvalue weighted by molar-refractivity contribution is 0.0774. The van der Waals surface area contributed by atoms with Crippen LogP contribution >= 0.6 is 0 Å². The minimum atomic E-state index is 0.00112. The van der Waals surface area contributed by atoms with E-state index in [9.17, 15) is 4.79 Å². The molecule has 0 spiro atoms. The topological polar surface area (TPSA) is 32.8 Å². The summed E-state index contributed by atoms with van der Waals surface area (Å²) in [5.74, 6) is 0.826. The van der Waals surface area contributed by atoms with Crippen LogP contribution in [0.2, 0.25) is 0 Å². The zero-order chi connectivity index (χ0) is 16.8. The van der Waals surface area contributed by atoms with Crippen molar-refractivity contribution in [2.75, 3.05) is 39.2 Å². The Labute approximate surface area is 138 Å². The van der Waals surface area contributed by atoms with Crippen LogP contribution in [0.1, 0.15) is 15.9 Å². The van der Waals surface area contributed by atoms with Gasteiger partial charge in [-0.15, -0.1) is 0 Å². The van der Waals surface area contributed by atoms with Crippen molar-refractivity contribution in [1.29, 1.82) is 0 Å². The zero-order valence-corrected chi connectivity index (χ0v) is 14.2. The van der Waals surface area contributed by atoms with Gasteiger partial charge in [0.25, 0.3) is 5.91 Å². The molecule has 0 saturated heterocycles. The predicted octanol–water partition coefficient (Wildman–Crippen LogP) is 3.21. The van der Waals surface area contributed by atoms with Crippen molar-refractivity contribution in [3.63, 3.8) is 0 Å². The number of amides is 1. The second-order valence-electron chi connectivity index (χ2n) is 5.83. The Morgan fingerprint density at radius 3 is 2.39 bits per heavy atom. The number of benzene rings is 2. The number of carbonyl (C=O) groups excluding carboxylic acids is 1. The number of hydrogen-bond donors (Lipinski definition) is 0. The number of ether oxygens (including phenoxy) is 1. The maximum Gasteiger partial charge on any atom is 0.253 e. The summed E-state index contributed by atoms with van der Waals surface area (Å²) in [6.45, 7) is 3.05. The molecule has 0 aliphatic rings. The first-order valence-electron chi connectivity index (χ1n) is 7.69. The molecule has 0 radical (unpaired) electrons. The first-order valence-corrected chi connectivity index (χ1v) is 7.69. The van der Waals surface area contributed by atoms with E-state index in [1.54, 1.807) is 11.9 Å². The van der Waals surface area contributed by atoms with Gasteiger partial charge in [0.05, 0.1) is 6.54 Å². The molecule has 122 valence electrons. The van der Waals surface area contributed by atoms with Gasteiger partial charge in [-0.05, 0) is 37.3 Å². The van der Waals surface area contributed by atoms with Gasteiger partial charge >= 0.3 is 0 Å². The predicted molar refractivity (Wildman–Crippen MR) is 94.4 cm³/mol. The van der Waals surface area contributed by atoms with Crippen molar-refractivity contribution < 1.29 is 9.53 Å². The van der Waals surface area contributed by atoms with E-state index in [4.69, 9.17) is 4.74 Å². The van der Waals surface area contributed by atoms with Gasteiger partial charge in [-0.1, -0.05) is 23.8 Å². The number of likely N-dealkylation sites (N-methyl/N-ethyl adjacent to an activating group) is 1. The molecule has 0 aliphatic carbocycles. The maximum atomic E-state index is 12.5. The summed E-state index contributed by atoms with van der Waals surface area (Å²) in [5.41, 5.74) is 2.90. The highest BCUT2D eigenvalue weighted by Crippen LogP contribution is 2.15. The molecular formula is C19H24N2O2. The molecule has 2 aromatic rings. The minimum absolute atomic E-state index is 0.00112. The summed E-state index contributed by atoms with van der Waals surface area (Å²) in [6.07, 6.45) is 0. The number of carbonyl (C=O) groups is 1. The third kappa shape index (κ3) is 4.74. The van der Waals surface area contributed by atoms with Gasteiger partial charge in [0.1, 0.15) is 12.4 Å². The van der Waals surface area contributed by atoms with Gasteiger partial charge in [0.2, 0.25) is 0 Å². The van der Waals surface area contributed by atoms with Crippen molar-refractivity contribution in [2.45, 2.75) is 6.92 Å². The number of anilines is 1. The Morgan fingerprint density at radius 2 is 1.74 bits per heavy atom. The van der Waals surface area contributed by atoms with E-state index in [-0.39, 0.29) is 5.91 Å². The van der Waals surface area contributed by atoms with E-state index in [0.29, 0.717) is 18.7 Å². The van der Waals surface area contributed by atoms with Crippen molar-refractivity contribution in [3.8, 4) is 5.75 Å². The molecule has 1 amide bonds. The summed E-state index contributed by atoms with van der Waals surface area (Å²) in [6, 6.07) is 15.5. The van der Waals surface area contributed by atoms with Crippen molar-refractivity contribution in [3.05, 3.63) is 59.7 Å². The van der Waals surface area contributed by atoms with E-state index in [0.717, 1.165) is 11.4 Å². The quantitative estimate of drug-likeness (QED) is 0.821. The summed E-state index contributed by atoms with van der Waals surface area (Å²) >= 11 is 0. The molecule has 0 aliphatic heterocycles. The fraction of sp³-hybridized carbons (Fsp3) is 0.316. The van der Waals surface area contributed by atoms with Gasteiger partial charge < -0.3 is 14.5 Å². The average molecular weight is 312 g/mol. The summed E-state index contributed by atoms with van der Waals surface area (Å²) in [7, 11) is 5.72. The minimum Gasteiger partial charge on any atom is -0.492 e.